The first-order chi connectivity index (χ1) is 10.0. The Morgan fingerprint density at radius 2 is 2.19 bits per heavy atom. The van der Waals surface area contributed by atoms with Crippen LogP contribution in [0.2, 0.25) is 0 Å². The van der Waals surface area contributed by atoms with Crippen LogP contribution in [0.4, 0.5) is 0 Å². The lowest BCUT2D eigenvalue weighted by Gasteiger charge is -2.25. The summed E-state index contributed by atoms with van der Waals surface area (Å²) in [6, 6.07) is 5.74. The van der Waals surface area contributed by atoms with Gasteiger partial charge < -0.3 is 10.0 Å². The molecule has 1 amide bonds. The highest BCUT2D eigenvalue weighted by Gasteiger charge is 2.17. The SMILES string of the molecule is CSCCC(C)N(C)C(=O)c1ccc(C)c(C#CCO)c1. The van der Waals surface area contributed by atoms with Gasteiger partial charge in [0.1, 0.15) is 6.61 Å². The van der Waals surface area contributed by atoms with Crippen LogP contribution in [0.25, 0.3) is 0 Å². The Morgan fingerprint density at radius 3 is 2.81 bits per heavy atom. The quantitative estimate of drug-likeness (QED) is 0.850. The summed E-state index contributed by atoms with van der Waals surface area (Å²) < 4.78 is 0. The zero-order valence-corrected chi connectivity index (χ0v) is 14.0. The Balaban J connectivity index is 2.91. The number of hydrogen-bond donors (Lipinski definition) is 1. The highest BCUT2D eigenvalue weighted by atomic mass is 32.2. The molecule has 1 aromatic rings. The Bertz CT molecular complexity index is 545. The molecule has 0 saturated carbocycles. The van der Waals surface area contributed by atoms with Crippen molar-refractivity contribution in [1.29, 1.82) is 0 Å². The first-order valence-electron chi connectivity index (χ1n) is 6.97. The summed E-state index contributed by atoms with van der Waals surface area (Å²) in [5.74, 6) is 6.57. The summed E-state index contributed by atoms with van der Waals surface area (Å²) in [6.07, 6.45) is 3.05. The standard InChI is InChI=1S/C17H23NO2S/c1-13-7-8-16(12-15(13)6-5-10-19)17(20)18(3)14(2)9-11-21-4/h7-8,12,14,19H,9-11H2,1-4H3. The van der Waals surface area contributed by atoms with Gasteiger partial charge in [0.05, 0.1) is 0 Å². The molecule has 0 aliphatic heterocycles. The van der Waals surface area contributed by atoms with Crippen molar-refractivity contribution < 1.29 is 9.90 Å². The van der Waals surface area contributed by atoms with E-state index in [-0.39, 0.29) is 18.6 Å². The summed E-state index contributed by atoms with van der Waals surface area (Å²) in [5.41, 5.74) is 2.44. The van der Waals surface area contributed by atoms with Crippen molar-refractivity contribution in [3.63, 3.8) is 0 Å². The maximum absolute atomic E-state index is 12.5. The summed E-state index contributed by atoms with van der Waals surface area (Å²) in [7, 11) is 1.84. The van der Waals surface area contributed by atoms with Crippen LogP contribution in [-0.4, -0.2) is 47.6 Å². The van der Waals surface area contributed by atoms with Gasteiger partial charge >= 0.3 is 0 Å². The summed E-state index contributed by atoms with van der Waals surface area (Å²) >= 11 is 1.79. The predicted octanol–water partition coefficient (Wildman–Crippen LogP) is 2.55. The maximum atomic E-state index is 12.5. The van der Waals surface area contributed by atoms with E-state index in [1.54, 1.807) is 22.7 Å². The average molecular weight is 305 g/mol. The van der Waals surface area contributed by atoms with E-state index in [0.717, 1.165) is 23.3 Å². The van der Waals surface area contributed by atoms with Gasteiger partial charge in [-0.05, 0) is 50.0 Å². The Morgan fingerprint density at radius 1 is 1.48 bits per heavy atom. The summed E-state index contributed by atoms with van der Waals surface area (Å²) in [6.45, 7) is 3.83. The van der Waals surface area contributed by atoms with Gasteiger partial charge in [0.15, 0.2) is 0 Å². The molecule has 1 unspecified atom stereocenters. The van der Waals surface area contributed by atoms with Gasteiger partial charge in [-0.3, -0.25) is 4.79 Å². The third kappa shape index (κ3) is 5.11. The fraction of sp³-hybridized carbons (Fsp3) is 0.471. The number of carbonyl (C=O) groups is 1. The lowest BCUT2D eigenvalue weighted by molar-refractivity contribution is 0.0741. The fourth-order valence-corrected chi connectivity index (χ4v) is 2.49. The molecule has 0 bridgehead atoms. The van der Waals surface area contributed by atoms with Crippen molar-refractivity contribution in [1.82, 2.24) is 4.90 Å². The molecule has 0 aliphatic rings. The van der Waals surface area contributed by atoms with Crippen molar-refractivity contribution in [2.75, 3.05) is 25.7 Å². The number of hydrogen-bond acceptors (Lipinski definition) is 3. The van der Waals surface area contributed by atoms with Gasteiger partial charge in [0, 0.05) is 24.2 Å². The third-order valence-corrected chi connectivity index (χ3v) is 4.15. The molecule has 1 N–H and O–H groups in total. The van der Waals surface area contributed by atoms with Crippen LogP contribution < -0.4 is 0 Å². The van der Waals surface area contributed by atoms with Gasteiger partial charge in [0.25, 0.3) is 5.91 Å². The Hall–Kier alpha value is -1.44. The molecule has 0 aliphatic carbocycles. The second-order valence-corrected chi connectivity index (χ2v) is 6.02. The molecule has 0 radical (unpaired) electrons. The zero-order valence-electron chi connectivity index (χ0n) is 13.1. The van der Waals surface area contributed by atoms with E-state index in [2.05, 4.69) is 25.0 Å². The molecular formula is C17H23NO2S. The molecule has 114 valence electrons. The lowest BCUT2D eigenvalue weighted by atomic mass is 10.0. The number of nitrogens with zero attached hydrogens (tertiary/aromatic N) is 1. The zero-order chi connectivity index (χ0) is 15.8. The predicted molar refractivity (Wildman–Crippen MR) is 89.7 cm³/mol. The minimum atomic E-state index is -0.177. The second kappa shape index (κ2) is 8.76. The molecule has 21 heavy (non-hydrogen) atoms. The first kappa shape index (κ1) is 17.6. The van der Waals surface area contributed by atoms with Crippen molar-refractivity contribution in [3.8, 4) is 11.8 Å². The van der Waals surface area contributed by atoms with Gasteiger partial charge in [-0.2, -0.15) is 11.8 Å². The maximum Gasteiger partial charge on any atom is 0.253 e. The number of rotatable bonds is 5. The molecule has 1 aromatic carbocycles. The highest BCUT2D eigenvalue weighted by molar-refractivity contribution is 7.98. The minimum Gasteiger partial charge on any atom is -0.384 e. The smallest absolute Gasteiger partial charge is 0.253 e. The molecule has 1 rings (SSSR count). The molecular weight excluding hydrogens is 282 g/mol. The molecule has 0 aromatic heterocycles. The van der Waals surface area contributed by atoms with Gasteiger partial charge in [-0.1, -0.05) is 17.9 Å². The number of thioether (sulfide) groups is 1. The number of aliphatic hydroxyl groups is 1. The van der Waals surface area contributed by atoms with Crippen LogP contribution in [-0.2, 0) is 0 Å². The number of amides is 1. The summed E-state index contributed by atoms with van der Waals surface area (Å²) in [5, 5.41) is 8.79. The van der Waals surface area contributed by atoms with E-state index >= 15 is 0 Å². The van der Waals surface area contributed by atoms with Crippen molar-refractivity contribution in [2.45, 2.75) is 26.3 Å². The van der Waals surface area contributed by atoms with Crippen LogP contribution in [0.3, 0.4) is 0 Å². The van der Waals surface area contributed by atoms with E-state index < -0.39 is 0 Å². The second-order valence-electron chi connectivity index (χ2n) is 5.04. The van der Waals surface area contributed by atoms with Crippen LogP contribution in [0.5, 0.6) is 0 Å². The molecule has 0 spiro atoms. The van der Waals surface area contributed by atoms with Crippen LogP contribution in [0.1, 0.15) is 34.8 Å². The van der Waals surface area contributed by atoms with Crippen LogP contribution >= 0.6 is 11.8 Å². The van der Waals surface area contributed by atoms with Crippen LogP contribution in [0, 0.1) is 18.8 Å². The summed E-state index contributed by atoms with van der Waals surface area (Å²) in [4.78, 5) is 14.3. The van der Waals surface area contributed by atoms with E-state index in [1.165, 1.54) is 0 Å². The lowest BCUT2D eigenvalue weighted by Crippen LogP contribution is -2.35. The van der Waals surface area contributed by atoms with Crippen molar-refractivity contribution >= 4 is 17.7 Å². The molecule has 1 atom stereocenters. The fourth-order valence-electron chi connectivity index (χ4n) is 1.91. The topological polar surface area (TPSA) is 40.5 Å². The van der Waals surface area contributed by atoms with Gasteiger partial charge in [-0.15, -0.1) is 0 Å². The van der Waals surface area contributed by atoms with E-state index in [9.17, 15) is 4.79 Å². The molecule has 4 heteroatoms. The number of aliphatic hydroxyl groups excluding tert-OH is 1. The monoisotopic (exact) mass is 305 g/mol. The molecule has 0 fully saturated rings. The van der Waals surface area contributed by atoms with Crippen molar-refractivity contribution in [2.24, 2.45) is 0 Å². The average Bonchev–Trinajstić information content (AvgIpc) is 2.50. The largest absolute Gasteiger partial charge is 0.384 e. The Labute approximate surface area is 131 Å². The highest BCUT2D eigenvalue weighted by Crippen LogP contribution is 2.14. The number of carbonyl (C=O) groups excluding carboxylic acids is 1. The first-order valence-corrected chi connectivity index (χ1v) is 8.37. The van der Waals surface area contributed by atoms with E-state index in [1.807, 2.05) is 26.1 Å². The van der Waals surface area contributed by atoms with E-state index in [0.29, 0.717) is 5.56 Å². The normalized spacial score (nSPS) is 11.5. The molecule has 0 saturated heterocycles. The third-order valence-electron chi connectivity index (χ3n) is 3.51. The number of benzene rings is 1. The number of aryl methyl sites for hydroxylation is 1. The van der Waals surface area contributed by atoms with Crippen LogP contribution in [0.15, 0.2) is 18.2 Å². The van der Waals surface area contributed by atoms with E-state index in [4.69, 9.17) is 5.11 Å². The van der Waals surface area contributed by atoms with Gasteiger partial charge in [-0.25, -0.2) is 0 Å². The molecule has 3 nitrogen and oxygen atoms in total. The molecule has 0 heterocycles. The Kier molecular flexibility index (Phi) is 7.35. The minimum absolute atomic E-state index is 0.00986. The van der Waals surface area contributed by atoms with Gasteiger partial charge in [0.2, 0.25) is 0 Å². The van der Waals surface area contributed by atoms with Crippen molar-refractivity contribution in [3.05, 3.63) is 34.9 Å².